The van der Waals surface area contributed by atoms with E-state index in [2.05, 4.69) is 6.58 Å². The quantitative estimate of drug-likeness (QED) is 0.581. The number of benzene rings is 1. The largest absolute Gasteiger partial charge is 0.243 e. The van der Waals surface area contributed by atoms with Crippen LogP contribution in [0.5, 0.6) is 0 Å². The summed E-state index contributed by atoms with van der Waals surface area (Å²) >= 11 is 0. The lowest BCUT2D eigenvalue weighted by atomic mass is 10.1. The maximum atomic E-state index is 12.7. The number of halogens is 1. The van der Waals surface area contributed by atoms with Gasteiger partial charge in [0.2, 0.25) is 0 Å². The Bertz CT molecular complexity index is 216. The molecule has 0 saturated carbocycles. The first kappa shape index (κ1) is 7.99. The fourth-order valence-electron chi connectivity index (χ4n) is 0.923. The highest BCUT2D eigenvalue weighted by Crippen LogP contribution is 2.05. The van der Waals surface area contributed by atoms with Crippen molar-refractivity contribution in [3.05, 3.63) is 48.6 Å². The zero-order valence-electron chi connectivity index (χ0n) is 6.33. The van der Waals surface area contributed by atoms with Crippen LogP contribution in [0.4, 0.5) is 4.39 Å². The van der Waals surface area contributed by atoms with Crippen LogP contribution in [0.1, 0.15) is 5.56 Å². The fraction of sp³-hybridized carbons (Fsp3) is 0.200. The van der Waals surface area contributed by atoms with Crippen molar-refractivity contribution in [3.8, 4) is 0 Å². The predicted octanol–water partition coefficient (Wildman–Crippen LogP) is 2.75. The molecule has 11 heavy (non-hydrogen) atoms. The second kappa shape index (κ2) is 3.91. The molecule has 0 heterocycles. The van der Waals surface area contributed by atoms with Gasteiger partial charge in [0.25, 0.3) is 0 Å². The maximum absolute atomic E-state index is 12.7. The molecule has 0 fully saturated rings. The minimum Gasteiger partial charge on any atom is -0.243 e. The van der Waals surface area contributed by atoms with Crippen molar-refractivity contribution in [2.45, 2.75) is 12.6 Å². The van der Waals surface area contributed by atoms with E-state index in [1.54, 1.807) is 0 Å². The zero-order valence-corrected chi connectivity index (χ0v) is 6.33. The highest BCUT2D eigenvalue weighted by molar-refractivity contribution is 5.16. The molecule has 0 aliphatic rings. The highest BCUT2D eigenvalue weighted by atomic mass is 19.1. The standard InChI is InChI=1S/C10H11F/c1-2-10(11)8-9-6-4-3-5-7-9/h2-7,10H,1,8H2. The fourth-order valence-corrected chi connectivity index (χ4v) is 0.923. The Morgan fingerprint density at radius 2 is 2.00 bits per heavy atom. The van der Waals surface area contributed by atoms with E-state index in [-0.39, 0.29) is 0 Å². The van der Waals surface area contributed by atoms with Crippen LogP contribution in [0.2, 0.25) is 0 Å². The Balaban J connectivity index is 2.57. The highest BCUT2D eigenvalue weighted by Gasteiger charge is 2.00. The molecule has 0 aliphatic carbocycles. The van der Waals surface area contributed by atoms with Crippen molar-refractivity contribution >= 4 is 0 Å². The van der Waals surface area contributed by atoms with Gasteiger partial charge in [-0.1, -0.05) is 36.4 Å². The van der Waals surface area contributed by atoms with Crippen molar-refractivity contribution in [2.24, 2.45) is 0 Å². The number of allylic oxidation sites excluding steroid dienone is 1. The third kappa shape index (κ3) is 2.54. The molecule has 0 bridgehead atoms. The van der Waals surface area contributed by atoms with Gasteiger partial charge in [-0.15, -0.1) is 6.58 Å². The third-order valence-corrected chi connectivity index (χ3v) is 1.53. The van der Waals surface area contributed by atoms with E-state index < -0.39 is 6.17 Å². The summed E-state index contributed by atoms with van der Waals surface area (Å²) in [5, 5.41) is 0. The Hall–Kier alpha value is -1.11. The monoisotopic (exact) mass is 150 g/mol. The van der Waals surface area contributed by atoms with E-state index >= 15 is 0 Å². The summed E-state index contributed by atoms with van der Waals surface area (Å²) in [6.07, 6.45) is 0.842. The lowest BCUT2D eigenvalue weighted by molar-refractivity contribution is 0.399. The van der Waals surface area contributed by atoms with Crippen LogP contribution < -0.4 is 0 Å². The molecule has 0 saturated heterocycles. The summed E-state index contributed by atoms with van der Waals surface area (Å²) in [5.41, 5.74) is 1.01. The van der Waals surface area contributed by atoms with Crippen LogP contribution in [-0.2, 0) is 6.42 Å². The molecule has 0 radical (unpaired) electrons. The first-order valence-corrected chi connectivity index (χ1v) is 3.63. The molecule has 1 heteroatoms. The molecule has 1 atom stereocenters. The van der Waals surface area contributed by atoms with E-state index in [1.165, 1.54) is 6.08 Å². The topological polar surface area (TPSA) is 0 Å². The minimum absolute atomic E-state index is 0.435. The van der Waals surface area contributed by atoms with Gasteiger partial charge in [0.15, 0.2) is 0 Å². The molecule has 1 rings (SSSR count). The van der Waals surface area contributed by atoms with Crippen molar-refractivity contribution in [2.75, 3.05) is 0 Å². The second-order valence-electron chi connectivity index (χ2n) is 2.44. The molecule has 0 aromatic heterocycles. The molecule has 1 unspecified atom stereocenters. The Morgan fingerprint density at radius 3 is 2.55 bits per heavy atom. The predicted molar refractivity (Wildman–Crippen MR) is 45.2 cm³/mol. The van der Waals surface area contributed by atoms with Gasteiger partial charge >= 0.3 is 0 Å². The van der Waals surface area contributed by atoms with Crippen LogP contribution in [0.25, 0.3) is 0 Å². The van der Waals surface area contributed by atoms with Gasteiger partial charge in [0.05, 0.1) is 0 Å². The van der Waals surface area contributed by atoms with Gasteiger partial charge in [-0.25, -0.2) is 4.39 Å². The molecule has 0 amide bonds. The van der Waals surface area contributed by atoms with Gasteiger partial charge in [-0.05, 0) is 5.56 Å². The summed E-state index contributed by atoms with van der Waals surface area (Å²) in [7, 11) is 0. The Kier molecular flexibility index (Phi) is 2.84. The lowest BCUT2D eigenvalue weighted by Crippen LogP contribution is -1.99. The van der Waals surface area contributed by atoms with Gasteiger partial charge in [0.1, 0.15) is 6.17 Å². The summed E-state index contributed by atoms with van der Waals surface area (Å²) < 4.78 is 12.7. The molecular weight excluding hydrogens is 139 g/mol. The normalized spacial score (nSPS) is 12.5. The van der Waals surface area contributed by atoms with Gasteiger partial charge < -0.3 is 0 Å². The average molecular weight is 150 g/mol. The molecule has 0 spiro atoms. The molecule has 1 aromatic carbocycles. The average Bonchev–Trinajstić information content (AvgIpc) is 2.06. The summed E-state index contributed by atoms with van der Waals surface area (Å²) in [6, 6.07) is 9.56. The van der Waals surface area contributed by atoms with E-state index in [1.807, 2.05) is 30.3 Å². The molecule has 1 aromatic rings. The van der Waals surface area contributed by atoms with Crippen LogP contribution in [-0.4, -0.2) is 6.17 Å². The maximum Gasteiger partial charge on any atom is 0.122 e. The van der Waals surface area contributed by atoms with Gasteiger partial charge in [0, 0.05) is 6.42 Å². The zero-order chi connectivity index (χ0) is 8.10. The Morgan fingerprint density at radius 1 is 1.36 bits per heavy atom. The molecule has 0 nitrogen and oxygen atoms in total. The third-order valence-electron chi connectivity index (χ3n) is 1.53. The second-order valence-corrected chi connectivity index (χ2v) is 2.44. The van der Waals surface area contributed by atoms with Crippen molar-refractivity contribution in [1.82, 2.24) is 0 Å². The van der Waals surface area contributed by atoms with Crippen molar-refractivity contribution in [1.29, 1.82) is 0 Å². The van der Waals surface area contributed by atoms with E-state index in [4.69, 9.17) is 0 Å². The van der Waals surface area contributed by atoms with E-state index in [9.17, 15) is 4.39 Å². The van der Waals surface area contributed by atoms with Crippen LogP contribution in [0.15, 0.2) is 43.0 Å². The Labute approximate surface area is 66.4 Å². The SMILES string of the molecule is C=CC(F)Cc1ccccc1. The van der Waals surface area contributed by atoms with Crippen molar-refractivity contribution < 1.29 is 4.39 Å². The molecular formula is C10H11F. The van der Waals surface area contributed by atoms with E-state index in [0.29, 0.717) is 6.42 Å². The minimum atomic E-state index is -0.919. The first-order valence-electron chi connectivity index (χ1n) is 3.63. The number of hydrogen-bond acceptors (Lipinski definition) is 0. The number of alkyl halides is 1. The number of hydrogen-bond donors (Lipinski definition) is 0. The molecule has 58 valence electrons. The van der Waals surface area contributed by atoms with E-state index in [0.717, 1.165) is 5.56 Å². The van der Waals surface area contributed by atoms with Crippen LogP contribution >= 0.6 is 0 Å². The number of rotatable bonds is 3. The summed E-state index contributed by atoms with van der Waals surface area (Å²) in [4.78, 5) is 0. The smallest absolute Gasteiger partial charge is 0.122 e. The summed E-state index contributed by atoms with van der Waals surface area (Å²) in [5.74, 6) is 0. The van der Waals surface area contributed by atoms with Gasteiger partial charge in [-0.3, -0.25) is 0 Å². The van der Waals surface area contributed by atoms with Gasteiger partial charge in [-0.2, -0.15) is 0 Å². The lowest BCUT2D eigenvalue weighted by Gasteiger charge is -2.00. The molecule has 0 N–H and O–H groups in total. The summed E-state index contributed by atoms with van der Waals surface area (Å²) in [6.45, 7) is 3.38. The first-order chi connectivity index (χ1) is 5.33. The van der Waals surface area contributed by atoms with Crippen molar-refractivity contribution in [3.63, 3.8) is 0 Å². The van der Waals surface area contributed by atoms with Crippen LogP contribution in [0.3, 0.4) is 0 Å². The van der Waals surface area contributed by atoms with Crippen LogP contribution in [0, 0.1) is 0 Å². The molecule has 0 aliphatic heterocycles.